The van der Waals surface area contributed by atoms with Gasteiger partial charge in [0.2, 0.25) is 0 Å². The van der Waals surface area contributed by atoms with Gasteiger partial charge in [-0.2, -0.15) is 0 Å². The molecule has 0 aliphatic carbocycles. The Kier molecular flexibility index (Phi) is 7.27. The molecule has 31 heavy (non-hydrogen) atoms. The third-order valence-corrected chi connectivity index (χ3v) is 5.46. The van der Waals surface area contributed by atoms with Gasteiger partial charge in [-0.25, -0.2) is 0 Å². The molecule has 2 unspecified atom stereocenters. The van der Waals surface area contributed by atoms with E-state index in [1.807, 2.05) is 85.8 Å². The van der Waals surface area contributed by atoms with Crippen molar-refractivity contribution in [3.05, 3.63) is 101 Å². The smallest absolute Gasteiger partial charge is 0.147 e. The quantitative estimate of drug-likeness (QED) is 0.210. The van der Waals surface area contributed by atoms with Crippen molar-refractivity contribution in [2.24, 2.45) is 16.0 Å². The van der Waals surface area contributed by atoms with Gasteiger partial charge < -0.3 is 20.9 Å². The van der Waals surface area contributed by atoms with Crippen molar-refractivity contribution < 1.29 is 15.2 Å². The van der Waals surface area contributed by atoms with E-state index in [4.69, 9.17) is 10.5 Å². The van der Waals surface area contributed by atoms with Crippen LogP contribution in [0.2, 0.25) is 0 Å². The van der Waals surface area contributed by atoms with Crippen LogP contribution >= 0.6 is 0 Å². The zero-order chi connectivity index (χ0) is 22.2. The fourth-order valence-corrected chi connectivity index (χ4v) is 3.78. The number of aryl methyl sites for hydroxylation is 1. The summed E-state index contributed by atoms with van der Waals surface area (Å²) in [7, 11) is 1.61. The monoisotopic (exact) mass is 417 g/mol. The van der Waals surface area contributed by atoms with Crippen molar-refractivity contribution in [1.29, 1.82) is 0 Å². The zero-order valence-corrected chi connectivity index (χ0v) is 17.6. The van der Waals surface area contributed by atoms with Crippen LogP contribution in [0.25, 0.3) is 0 Å². The predicted octanol–water partition coefficient (Wildman–Crippen LogP) is 4.89. The Balaban J connectivity index is 2.09. The Morgan fingerprint density at radius 3 is 2.06 bits per heavy atom. The molecule has 3 aromatic rings. The number of nitrogens with zero attached hydrogens (tertiary/aromatic N) is 2. The standard InChI is InChI=1S/C25H27N3O3/c1-17-8-10-19(11-9-17)23(27-29)16-22(18-12-14-21(31-2)15-13-18)24(25(26)28-30)20-6-4-3-5-7-20/h3-15,22,24,29-30H,16H2,1-2H3,(H2,26,28)/b27-23-. The van der Waals surface area contributed by atoms with Crippen molar-refractivity contribution in [3.8, 4) is 5.75 Å². The average Bonchev–Trinajstić information content (AvgIpc) is 2.82. The number of hydrogen-bond donors (Lipinski definition) is 3. The van der Waals surface area contributed by atoms with E-state index in [0.717, 1.165) is 28.0 Å². The Morgan fingerprint density at radius 1 is 0.871 bits per heavy atom. The molecule has 160 valence electrons. The average molecular weight is 418 g/mol. The molecule has 3 aromatic carbocycles. The van der Waals surface area contributed by atoms with Crippen molar-refractivity contribution >= 4 is 11.5 Å². The molecule has 0 aliphatic rings. The molecule has 6 heteroatoms. The summed E-state index contributed by atoms with van der Waals surface area (Å²) in [6.07, 6.45) is 0.377. The summed E-state index contributed by atoms with van der Waals surface area (Å²) >= 11 is 0. The fourth-order valence-electron chi connectivity index (χ4n) is 3.78. The molecule has 0 spiro atoms. The lowest BCUT2D eigenvalue weighted by atomic mass is 9.77. The Morgan fingerprint density at radius 2 is 1.52 bits per heavy atom. The van der Waals surface area contributed by atoms with Crippen LogP contribution in [0.4, 0.5) is 0 Å². The molecule has 0 bridgehead atoms. The van der Waals surface area contributed by atoms with E-state index in [2.05, 4.69) is 10.3 Å². The summed E-state index contributed by atoms with van der Waals surface area (Å²) < 4.78 is 5.29. The molecule has 0 amide bonds. The third-order valence-electron chi connectivity index (χ3n) is 5.46. The number of nitrogens with two attached hydrogens (primary N) is 1. The van der Waals surface area contributed by atoms with Gasteiger partial charge in [0.1, 0.15) is 11.6 Å². The molecule has 3 rings (SSSR count). The molecular formula is C25H27N3O3. The first kappa shape index (κ1) is 21.9. The molecule has 0 saturated carbocycles. The highest BCUT2D eigenvalue weighted by atomic mass is 16.5. The number of oxime groups is 2. The van der Waals surface area contributed by atoms with Crippen LogP contribution in [-0.2, 0) is 0 Å². The molecule has 0 radical (unpaired) electrons. The summed E-state index contributed by atoms with van der Waals surface area (Å²) in [5.74, 6) is 0.142. The first-order chi connectivity index (χ1) is 15.1. The molecule has 4 N–H and O–H groups in total. The Hall–Kier alpha value is -3.80. The van der Waals surface area contributed by atoms with E-state index in [0.29, 0.717) is 12.1 Å². The highest BCUT2D eigenvalue weighted by Crippen LogP contribution is 2.38. The van der Waals surface area contributed by atoms with Gasteiger partial charge in [-0.1, -0.05) is 82.6 Å². The van der Waals surface area contributed by atoms with Gasteiger partial charge in [0, 0.05) is 12.3 Å². The SMILES string of the molecule is COc1ccc(C(C/C(=N/O)c2ccc(C)cc2)C(/C(N)=N\O)c2ccccc2)cc1. The van der Waals surface area contributed by atoms with Gasteiger partial charge in [-0.15, -0.1) is 0 Å². The van der Waals surface area contributed by atoms with E-state index in [1.165, 1.54) is 0 Å². The van der Waals surface area contributed by atoms with Crippen LogP contribution in [0, 0.1) is 6.92 Å². The molecular weight excluding hydrogens is 390 g/mol. The van der Waals surface area contributed by atoms with E-state index < -0.39 is 5.92 Å². The number of amidine groups is 1. The number of hydrogen-bond acceptors (Lipinski definition) is 5. The number of methoxy groups -OCH3 is 1. The largest absolute Gasteiger partial charge is 0.497 e. The van der Waals surface area contributed by atoms with Crippen LogP contribution in [0.1, 0.15) is 40.5 Å². The van der Waals surface area contributed by atoms with Gasteiger partial charge in [0.25, 0.3) is 0 Å². The lowest BCUT2D eigenvalue weighted by Crippen LogP contribution is -2.29. The zero-order valence-electron chi connectivity index (χ0n) is 17.6. The molecule has 6 nitrogen and oxygen atoms in total. The number of rotatable bonds is 8. The second-order valence-electron chi connectivity index (χ2n) is 7.41. The lowest BCUT2D eigenvalue weighted by Gasteiger charge is -2.28. The van der Waals surface area contributed by atoms with Gasteiger partial charge in [-0.05, 0) is 35.7 Å². The molecule has 0 fully saturated rings. The van der Waals surface area contributed by atoms with E-state index in [9.17, 15) is 10.4 Å². The highest BCUT2D eigenvalue weighted by Gasteiger charge is 2.30. The van der Waals surface area contributed by atoms with Gasteiger partial charge >= 0.3 is 0 Å². The summed E-state index contributed by atoms with van der Waals surface area (Å²) in [6, 6.07) is 25.1. The number of benzene rings is 3. The summed E-state index contributed by atoms with van der Waals surface area (Å²) in [6.45, 7) is 2.00. The maximum atomic E-state index is 9.83. The van der Waals surface area contributed by atoms with E-state index in [1.54, 1.807) is 7.11 Å². The van der Waals surface area contributed by atoms with Crippen molar-refractivity contribution in [2.45, 2.75) is 25.2 Å². The summed E-state index contributed by atoms with van der Waals surface area (Å²) in [5.41, 5.74) is 10.5. The van der Waals surface area contributed by atoms with Gasteiger partial charge in [-0.3, -0.25) is 0 Å². The van der Waals surface area contributed by atoms with Gasteiger partial charge in [0.05, 0.1) is 18.7 Å². The lowest BCUT2D eigenvalue weighted by molar-refractivity contribution is 0.313. The molecule has 0 aromatic heterocycles. The highest BCUT2D eigenvalue weighted by molar-refractivity contribution is 6.01. The molecule has 0 heterocycles. The minimum atomic E-state index is -0.429. The van der Waals surface area contributed by atoms with Crippen LogP contribution in [-0.4, -0.2) is 29.1 Å². The van der Waals surface area contributed by atoms with Gasteiger partial charge in [0.15, 0.2) is 0 Å². The van der Waals surface area contributed by atoms with E-state index >= 15 is 0 Å². The summed E-state index contributed by atoms with van der Waals surface area (Å²) in [5, 5.41) is 26.3. The van der Waals surface area contributed by atoms with Crippen molar-refractivity contribution in [1.82, 2.24) is 0 Å². The molecule has 0 saturated heterocycles. The first-order valence-corrected chi connectivity index (χ1v) is 10.0. The normalized spacial score (nSPS) is 14.1. The van der Waals surface area contributed by atoms with Crippen LogP contribution in [0.5, 0.6) is 5.75 Å². The predicted molar refractivity (Wildman–Crippen MR) is 122 cm³/mol. The first-order valence-electron chi connectivity index (χ1n) is 10.0. The Labute approximate surface area is 182 Å². The van der Waals surface area contributed by atoms with Crippen LogP contribution in [0.3, 0.4) is 0 Å². The second-order valence-corrected chi connectivity index (χ2v) is 7.41. The second kappa shape index (κ2) is 10.3. The summed E-state index contributed by atoms with van der Waals surface area (Å²) in [4.78, 5) is 0. The van der Waals surface area contributed by atoms with Crippen LogP contribution in [0.15, 0.2) is 89.2 Å². The van der Waals surface area contributed by atoms with E-state index in [-0.39, 0.29) is 11.8 Å². The maximum Gasteiger partial charge on any atom is 0.147 e. The fraction of sp³-hybridized carbons (Fsp3) is 0.200. The van der Waals surface area contributed by atoms with Crippen molar-refractivity contribution in [3.63, 3.8) is 0 Å². The maximum absolute atomic E-state index is 9.83. The number of ether oxygens (including phenoxy) is 1. The Bertz CT molecular complexity index is 1030. The molecule has 2 atom stereocenters. The van der Waals surface area contributed by atoms with Crippen molar-refractivity contribution in [2.75, 3.05) is 7.11 Å². The third kappa shape index (κ3) is 5.22. The minimum Gasteiger partial charge on any atom is -0.497 e. The minimum absolute atomic E-state index is 0.0909. The van der Waals surface area contributed by atoms with Crippen LogP contribution < -0.4 is 10.5 Å². The molecule has 0 aliphatic heterocycles. The topological polar surface area (TPSA) is 100 Å².